The second-order valence-electron chi connectivity index (χ2n) is 8.31. The Morgan fingerprint density at radius 2 is 2.06 bits per heavy atom. The van der Waals surface area contributed by atoms with E-state index in [1.165, 1.54) is 5.56 Å². The molecule has 0 radical (unpaired) electrons. The van der Waals surface area contributed by atoms with Crippen LogP contribution in [0.1, 0.15) is 18.9 Å². The van der Waals surface area contributed by atoms with Gasteiger partial charge in [0.25, 0.3) is 0 Å². The summed E-state index contributed by atoms with van der Waals surface area (Å²) in [4.78, 5) is 19.4. The van der Waals surface area contributed by atoms with Crippen LogP contribution < -0.4 is 10.6 Å². The zero-order chi connectivity index (χ0) is 22.5. The normalized spacial score (nSPS) is 19.2. The van der Waals surface area contributed by atoms with E-state index in [1.807, 2.05) is 25.1 Å². The lowest BCUT2D eigenvalue weighted by Crippen LogP contribution is -2.42. The number of pyridine rings is 1. The zero-order valence-corrected chi connectivity index (χ0v) is 18.7. The Morgan fingerprint density at radius 3 is 2.81 bits per heavy atom. The molecule has 1 aliphatic rings. The summed E-state index contributed by atoms with van der Waals surface area (Å²) < 4.78 is 1.78. The molecular weight excluding hydrogens is 400 g/mol. The topological polar surface area (TPSA) is 75.1 Å². The van der Waals surface area contributed by atoms with Crippen molar-refractivity contribution in [2.75, 3.05) is 25.5 Å². The summed E-state index contributed by atoms with van der Waals surface area (Å²) in [5.41, 5.74) is 3.08. The molecule has 0 bridgehead atoms. The lowest BCUT2D eigenvalue weighted by Gasteiger charge is -2.20. The lowest BCUT2D eigenvalue weighted by molar-refractivity contribution is 0.245. The van der Waals surface area contributed by atoms with Crippen LogP contribution in [-0.2, 0) is 6.42 Å². The molecule has 0 aliphatic carbocycles. The van der Waals surface area contributed by atoms with Crippen molar-refractivity contribution in [1.82, 2.24) is 25.0 Å². The molecule has 1 fully saturated rings. The number of nitrogens with one attached hydrogen (secondary N) is 2. The molecular formula is C25H30N6O. The fraction of sp³-hybridized carbons (Fsp3) is 0.320. The van der Waals surface area contributed by atoms with Crippen molar-refractivity contribution in [2.24, 2.45) is 5.92 Å². The summed E-state index contributed by atoms with van der Waals surface area (Å²) in [6.45, 7) is 7.59. The maximum atomic E-state index is 12.7. The first-order valence-corrected chi connectivity index (χ1v) is 11.0. The summed E-state index contributed by atoms with van der Waals surface area (Å²) in [5, 5.41) is 11.4. The van der Waals surface area contributed by atoms with E-state index >= 15 is 0 Å². The van der Waals surface area contributed by atoms with Crippen LogP contribution in [-0.4, -0.2) is 51.9 Å². The van der Waals surface area contributed by atoms with Crippen LogP contribution in [0.5, 0.6) is 0 Å². The zero-order valence-electron chi connectivity index (χ0n) is 18.7. The second-order valence-corrected chi connectivity index (χ2v) is 8.31. The highest BCUT2D eigenvalue weighted by Gasteiger charge is 2.31. The number of nitrogens with zero attached hydrogens (tertiary/aromatic N) is 4. The van der Waals surface area contributed by atoms with E-state index < -0.39 is 0 Å². The van der Waals surface area contributed by atoms with Gasteiger partial charge in [0.15, 0.2) is 0 Å². The number of carbonyl (C=O) groups is 1. The SMILES string of the molecule is C=C/C(=C\C)n1ncc2cc(NC(=O)N[C@H]3CN(C)C[C@@H]3CCc3ccccc3)ncc21. The van der Waals surface area contributed by atoms with E-state index in [2.05, 4.69) is 63.5 Å². The van der Waals surface area contributed by atoms with Crippen LogP contribution in [0.15, 0.2) is 67.5 Å². The number of likely N-dealkylation sites (N-methyl/N-ethyl adjacent to an activating group) is 1. The van der Waals surface area contributed by atoms with Gasteiger partial charge in [0.2, 0.25) is 0 Å². The molecule has 3 heterocycles. The number of hydrogen-bond acceptors (Lipinski definition) is 4. The van der Waals surface area contributed by atoms with Crippen LogP contribution >= 0.6 is 0 Å². The first-order chi connectivity index (χ1) is 15.6. The number of carbonyl (C=O) groups excluding carboxylic acids is 1. The van der Waals surface area contributed by atoms with Crippen LogP contribution in [0.2, 0.25) is 0 Å². The standard InChI is InChI=1S/C25H30N6O/c1-4-21(5-2)31-23-15-26-24(13-20(23)14-27-31)29-25(32)28-22-17-30(3)16-19(22)12-11-18-9-7-6-8-10-18/h4-10,13-15,19,22H,1,11-12,16-17H2,2-3H3,(H2,26,28,29,32)/b21-5+/t19-,22-/m0/s1. The molecule has 7 nitrogen and oxygen atoms in total. The molecule has 0 spiro atoms. The van der Waals surface area contributed by atoms with Crippen LogP contribution in [0.25, 0.3) is 16.6 Å². The molecule has 0 unspecified atom stereocenters. The van der Waals surface area contributed by atoms with Gasteiger partial charge in [-0.05, 0) is 50.4 Å². The lowest BCUT2D eigenvalue weighted by atomic mass is 9.95. The highest BCUT2D eigenvalue weighted by molar-refractivity contribution is 5.91. The largest absolute Gasteiger partial charge is 0.333 e. The highest BCUT2D eigenvalue weighted by Crippen LogP contribution is 2.22. The Labute approximate surface area is 188 Å². The first-order valence-electron chi connectivity index (χ1n) is 11.0. The Kier molecular flexibility index (Phi) is 6.66. The minimum Gasteiger partial charge on any atom is -0.333 e. The summed E-state index contributed by atoms with van der Waals surface area (Å²) >= 11 is 0. The van der Waals surface area contributed by atoms with Crippen LogP contribution in [0.3, 0.4) is 0 Å². The summed E-state index contributed by atoms with van der Waals surface area (Å²) in [6, 6.07) is 12.2. The molecule has 2 atom stereocenters. The molecule has 32 heavy (non-hydrogen) atoms. The number of fused-ring (bicyclic) bond motifs is 1. The molecule has 2 amide bonds. The van der Waals surface area contributed by atoms with Crippen LogP contribution in [0.4, 0.5) is 10.6 Å². The number of rotatable bonds is 7. The average molecular weight is 431 g/mol. The van der Waals surface area contributed by atoms with E-state index in [-0.39, 0.29) is 12.1 Å². The van der Waals surface area contributed by atoms with Crippen LogP contribution in [0, 0.1) is 5.92 Å². The number of hydrogen-bond donors (Lipinski definition) is 2. The number of allylic oxidation sites excluding steroid dienone is 3. The molecule has 1 aromatic carbocycles. The number of urea groups is 1. The van der Waals surface area contributed by atoms with Gasteiger partial charge in [0.05, 0.1) is 23.6 Å². The smallest absolute Gasteiger partial charge is 0.320 e. The fourth-order valence-corrected chi connectivity index (χ4v) is 4.39. The number of amides is 2. The molecule has 2 aromatic heterocycles. The Bertz CT molecular complexity index is 1120. The van der Waals surface area contributed by atoms with Crippen molar-refractivity contribution in [3.63, 3.8) is 0 Å². The monoisotopic (exact) mass is 430 g/mol. The van der Waals surface area contributed by atoms with E-state index in [0.29, 0.717) is 11.7 Å². The van der Waals surface area contributed by atoms with Gasteiger partial charge in [-0.1, -0.05) is 43.0 Å². The van der Waals surface area contributed by atoms with E-state index in [1.54, 1.807) is 23.2 Å². The number of aryl methyl sites for hydroxylation is 1. The first kappa shape index (κ1) is 21.8. The van der Waals surface area contributed by atoms with Crippen molar-refractivity contribution in [3.05, 3.63) is 73.1 Å². The van der Waals surface area contributed by atoms with E-state index in [0.717, 1.165) is 42.5 Å². The van der Waals surface area contributed by atoms with Crippen molar-refractivity contribution < 1.29 is 4.79 Å². The summed E-state index contributed by atoms with van der Waals surface area (Å²) in [6.07, 6.45) is 9.22. The highest BCUT2D eigenvalue weighted by atomic mass is 16.2. The molecule has 166 valence electrons. The Hall–Kier alpha value is -3.45. The predicted octanol–water partition coefficient (Wildman–Crippen LogP) is 4.16. The third kappa shape index (κ3) is 4.89. The summed E-state index contributed by atoms with van der Waals surface area (Å²) in [5.74, 6) is 0.917. The van der Waals surface area contributed by atoms with Crippen molar-refractivity contribution in [3.8, 4) is 0 Å². The Morgan fingerprint density at radius 1 is 1.25 bits per heavy atom. The minimum absolute atomic E-state index is 0.111. The van der Waals surface area contributed by atoms with Crippen molar-refractivity contribution >= 4 is 28.4 Å². The third-order valence-corrected chi connectivity index (χ3v) is 6.03. The average Bonchev–Trinajstić information content (AvgIpc) is 3.36. The van der Waals surface area contributed by atoms with Gasteiger partial charge < -0.3 is 10.2 Å². The second kappa shape index (κ2) is 9.78. The molecule has 0 saturated carbocycles. The van der Waals surface area contributed by atoms with Gasteiger partial charge in [-0.15, -0.1) is 0 Å². The van der Waals surface area contributed by atoms with E-state index in [4.69, 9.17) is 0 Å². The minimum atomic E-state index is -0.227. The number of likely N-dealkylation sites (tertiary alicyclic amines) is 1. The molecule has 7 heteroatoms. The molecule has 1 aliphatic heterocycles. The summed E-state index contributed by atoms with van der Waals surface area (Å²) in [7, 11) is 2.10. The van der Waals surface area contributed by atoms with Gasteiger partial charge in [-0.2, -0.15) is 5.10 Å². The maximum absolute atomic E-state index is 12.7. The van der Waals surface area contributed by atoms with Gasteiger partial charge >= 0.3 is 6.03 Å². The quantitative estimate of drug-likeness (QED) is 0.552. The maximum Gasteiger partial charge on any atom is 0.320 e. The number of benzene rings is 1. The van der Waals surface area contributed by atoms with Crippen molar-refractivity contribution in [2.45, 2.75) is 25.8 Å². The predicted molar refractivity (Wildman–Crippen MR) is 129 cm³/mol. The van der Waals surface area contributed by atoms with Gasteiger partial charge in [-0.3, -0.25) is 5.32 Å². The molecule has 2 N–H and O–H groups in total. The van der Waals surface area contributed by atoms with Gasteiger partial charge in [0, 0.05) is 24.5 Å². The van der Waals surface area contributed by atoms with E-state index in [9.17, 15) is 4.79 Å². The fourth-order valence-electron chi connectivity index (χ4n) is 4.39. The van der Waals surface area contributed by atoms with Gasteiger partial charge in [0.1, 0.15) is 5.82 Å². The third-order valence-electron chi connectivity index (χ3n) is 6.03. The Balaban J connectivity index is 1.38. The molecule has 1 saturated heterocycles. The molecule has 3 aromatic rings. The number of anilines is 1. The number of aromatic nitrogens is 3. The molecule has 4 rings (SSSR count). The van der Waals surface area contributed by atoms with Crippen molar-refractivity contribution in [1.29, 1.82) is 0 Å². The van der Waals surface area contributed by atoms with Gasteiger partial charge in [-0.25, -0.2) is 14.5 Å².